The molecule has 6 N–H and O–H groups in total. The smallest absolute Gasteiger partial charge is 0.394 e. The van der Waals surface area contributed by atoms with E-state index in [9.17, 15) is 14.8 Å². The molecule has 10 heteroatoms. The minimum absolute atomic E-state index is 0.704. The van der Waals surface area contributed by atoms with Crippen molar-refractivity contribution >= 4 is 7.82 Å². The highest BCUT2D eigenvalue weighted by molar-refractivity contribution is 7.46. The fourth-order valence-corrected chi connectivity index (χ4v) is 2.01. The third kappa shape index (κ3) is 2.77. The first-order valence-electron chi connectivity index (χ1n) is 4.27. The highest BCUT2D eigenvalue weighted by Gasteiger charge is 2.56. The Bertz CT molecular complexity index is 290. The lowest BCUT2D eigenvalue weighted by atomic mass is 10.1. The molecule has 0 aromatic carbocycles. The van der Waals surface area contributed by atoms with Crippen LogP contribution in [-0.2, 0) is 13.8 Å². The Morgan fingerprint density at radius 3 is 2.31 bits per heavy atom. The molecular formula is C6H13O9P. The van der Waals surface area contributed by atoms with Crippen LogP contribution in [0, 0.1) is 0 Å². The molecule has 1 aliphatic rings. The van der Waals surface area contributed by atoms with Crippen LogP contribution < -0.4 is 0 Å². The van der Waals surface area contributed by atoms with Gasteiger partial charge in [0, 0.05) is 0 Å². The number of rotatable bonds is 4. The van der Waals surface area contributed by atoms with Crippen molar-refractivity contribution in [3.63, 3.8) is 0 Å². The zero-order chi connectivity index (χ0) is 12.6. The van der Waals surface area contributed by atoms with Gasteiger partial charge in [-0.2, -0.15) is 0 Å². The van der Waals surface area contributed by atoms with Gasteiger partial charge in [0.05, 0.1) is 13.2 Å². The summed E-state index contributed by atoms with van der Waals surface area (Å²) in [4.78, 5) is 17.1. The topological polar surface area (TPSA) is 157 Å². The molecule has 0 spiro atoms. The van der Waals surface area contributed by atoms with E-state index in [-0.39, 0.29) is 0 Å². The number of phosphoric ester groups is 1. The van der Waals surface area contributed by atoms with Gasteiger partial charge in [0.1, 0.15) is 12.2 Å². The van der Waals surface area contributed by atoms with Gasteiger partial charge in [0.25, 0.3) is 0 Å². The fraction of sp³-hybridized carbons (Fsp3) is 1.00. The second-order valence-corrected chi connectivity index (χ2v) is 4.54. The van der Waals surface area contributed by atoms with E-state index in [2.05, 4.69) is 9.26 Å². The van der Waals surface area contributed by atoms with E-state index in [1.54, 1.807) is 0 Å². The van der Waals surface area contributed by atoms with Gasteiger partial charge in [-0.3, -0.25) is 4.52 Å². The third-order valence-electron chi connectivity index (χ3n) is 2.15. The molecule has 0 radical (unpaired) electrons. The second kappa shape index (κ2) is 4.65. The van der Waals surface area contributed by atoms with Crippen molar-refractivity contribution in [3.05, 3.63) is 0 Å². The van der Waals surface area contributed by atoms with Crippen molar-refractivity contribution in [2.45, 2.75) is 24.1 Å². The standard InChI is InChI=1S/C6H13O9P/c7-1-3-4(9)5(15-16(11,12)13)6(10,2-8)14-3/h3-5,7-10H,1-2H2,(H2,11,12,13)/t3-,4-,5+,6?/m1/s1. The fourth-order valence-electron chi connectivity index (χ4n) is 1.43. The van der Waals surface area contributed by atoms with E-state index in [0.717, 1.165) is 0 Å². The van der Waals surface area contributed by atoms with Crippen LogP contribution in [0.25, 0.3) is 0 Å². The van der Waals surface area contributed by atoms with Crippen LogP contribution in [0.2, 0.25) is 0 Å². The molecule has 0 aromatic heterocycles. The molecule has 9 nitrogen and oxygen atoms in total. The van der Waals surface area contributed by atoms with E-state index in [4.69, 9.17) is 20.0 Å². The molecule has 0 bridgehead atoms. The van der Waals surface area contributed by atoms with Crippen LogP contribution in [0.4, 0.5) is 0 Å². The lowest BCUT2D eigenvalue weighted by molar-refractivity contribution is -0.245. The molecule has 4 atom stereocenters. The van der Waals surface area contributed by atoms with E-state index < -0.39 is 45.1 Å². The molecule has 1 heterocycles. The maximum atomic E-state index is 10.6. The Balaban J connectivity index is 2.90. The molecule has 0 amide bonds. The lowest BCUT2D eigenvalue weighted by Gasteiger charge is -2.27. The first kappa shape index (κ1) is 14.0. The van der Waals surface area contributed by atoms with Crippen LogP contribution >= 0.6 is 7.82 Å². The molecule has 1 saturated heterocycles. The van der Waals surface area contributed by atoms with E-state index >= 15 is 0 Å². The average Bonchev–Trinajstić information content (AvgIpc) is 2.41. The number of ether oxygens (including phenoxy) is 1. The van der Waals surface area contributed by atoms with E-state index in [1.807, 2.05) is 0 Å². The zero-order valence-corrected chi connectivity index (χ0v) is 8.90. The predicted molar refractivity (Wildman–Crippen MR) is 46.9 cm³/mol. The van der Waals surface area contributed by atoms with Gasteiger partial charge in [-0.15, -0.1) is 0 Å². The highest BCUT2D eigenvalue weighted by Crippen LogP contribution is 2.44. The van der Waals surface area contributed by atoms with Crippen LogP contribution in [0.5, 0.6) is 0 Å². The number of hydrogen-bond acceptors (Lipinski definition) is 7. The summed E-state index contributed by atoms with van der Waals surface area (Å²) in [6, 6.07) is 0. The maximum absolute atomic E-state index is 10.6. The predicted octanol–water partition coefficient (Wildman–Crippen LogP) is -3.10. The zero-order valence-electron chi connectivity index (χ0n) is 8.00. The Hall–Kier alpha value is -0.0900. The Morgan fingerprint density at radius 1 is 1.38 bits per heavy atom. The number of aliphatic hydroxyl groups is 4. The van der Waals surface area contributed by atoms with Crippen molar-refractivity contribution < 1.29 is 44.0 Å². The summed E-state index contributed by atoms with van der Waals surface area (Å²) in [6.07, 6.45) is -4.82. The van der Waals surface area contributed by atoms with Crippen molar-refractivity contribution in [2.75, 3.05) is 13.2 Å². The van der Waals surface area contributed by atoms with Crippen molar-refractivity contribution in [1.82, 2.24) is 0 Å². The molecule has 1 aliphatic heterocycles. The number of aliphatic hydroxyl groups excluding tert-OH is 3. The highest BCUT2D eigenvalue weighted by atomic mass is 31.2. The van der Waals surface area contributed by atoms with Crippen LogP contribution in [-0.4, -0.2) is 67.5 Å². The average molecular weight is 260 g/mol. The molecule has 1 fully saturated rings. The molecule has 0 aliphatic carbocycles. The minimum Gasteiger partial charge on any atom is -0.394 e. The first-order chi connectivity index (χ1) is 7.23. The molecule has 1 rings (SSSR count). The number of phosphoric acid groups is 1. The normalized spacial score (nSPS) is 40.2. The van der Waals surface area contributed by atoms with Crippen molar-refractivity contribution in [1.29, 1.82) is 0 Å². The van der Waals surface area contributed by atoms with Gasteiger partial charge in [-0.25, -0.2) is 4.57 Å². The Kier molecular flexibility index (Phi) is 4.06. The molecule has 0 aromatic rings. The molecule has 16 heavy (non-hydrogen) atoms. The van der Waals surface area contributed by atoms with Crippen LogP contribution in [0.1, 0.15) is 0 Å². The van der Waals surface area contributed by atoms with Gasteiger partial charge in [0.15, 0.2) is 6.10 Å². The molecular weight excluding hydrogens is 247 g/mol. The first-order valence-corrected chi connectivity index (χ1v) is 5.80. The summed E-state index contributed by atoms with van der Waals surface area (Å²) in [5.74, 6) is -2.46. The number of hydrogen-bond donors (Lipinski definition) is 6. The molecule has 0 saturated carbocycles. The monoisotopic (exact) mass is 260 g/mol. The van der Waals surface area contributed by atoms with Gasteiger partial charge >= 0.3 is 7.82 Å². The van der Waals surface area contributed by atoms with Crippen LogP contribution in [0.15, 0.2) is 0 Å². The molecule has 1 unspecified atom stereocenters. The van der Waals surface area contributed by atoms with Crippen molar-refractivity contribution in [3.8, 4) is 0 Å². The summed E-state index contributed by atoms with van der Waals surface area (Å²) in [6.45, 7) is -1.75. The quantitative estimate of drug-likeness (QED) is 0.288. The lowest BCUT2D eigenvalue weighted by Crippen LogP contribution is -2.47. The second-order valence-electron chi connectivity index (χ2n) is 3.35. The van der Waals surface area contributed by atoms with Gasteiger partial charge in [-0.05, 0) is 0 Å². The summed E-state index contributed by atoms with van der Waals surface area (Å²) in [7, 11) is -4.98. The Labute approximate surface area is 90.1 Å². The Morgan fingerprint density at radius 2 is 1.94 bits per heavy atom. The van der Waals surface area contributed by atoms with Gasteiger partial charge in [0.2, 0.25) is 5.79 Å². The van der Waals surface area contributed by atoms with Gasteiger partial charge in [-0.1, -0.05) is 0 Å². The minimum atomic E-state index is -4.98. The largest absolute Gasteiger partial charge is 0.470 e. The van der Waals surface area contributed by atoms with Gasteiger partial charge < -0.3 is 34.9 Å². The SMILES string of the molecule is O=P(O)(O)O[C@H]1[C@H](O)[C@@H](CO)OC1(O)CO. The summed E-state index contributed by atoms with van der Waals surface area (Å²) >= 11 is 0. The van der Waals surface area contributed by atoms with Crippen LogP contribution in [0.3, 0.4) is 0 Å². The van der Waals surface area contributed by atoms with E-state index in [1.165, 1.54) is 0 Å². The van der Waals surface area contributed by atoms with Crippen molar-refractivity contribution in [2.24, 2.45) is 0 Å². The summed E-state index contributed by atoms with van der Waals surface area (Å²) < 4.78 is 19.4. The summed E-state index contributed by atoms with van der Waals surface area (Å²) in [5.41, 5.74) is 0. The third-order valence-corrected chi connectivity index (χ3v) is 2.65. The molecule has 96 valence electrons. The summed E-state index contributed by atoms with van der Waals surface area (Å²) in [5, 5.41) is 36.6. The maximum Gasteiger partial charge on any atom is 0.470 e. The van der Waals surface area contributed by atoms with E-state index in [0.29, 0.717) is 0 Å².